The first-order chi connectivity index (χ1) is 10.1. The van der Waals surface area contributed by atoms with Gasteiger partial charge in [-0.2, -0.15) is 0 Å². The van der Waals surface area contributed by atoms with Crippen LogP contribution in [-0.4, -0.2) is 18.9 Å². The van der Waals surface area contributed by atoms with E-state index in [1.165, 1.54) is 0 Å². The number of amides is 2. The molecule has 0 aromatic heterocycles. The summed E-state index contributed by atoms with van der Waals surface area (Å²) in [6, 6.07) is 13.9. The number of benzene rings is 2. The van der Waals surface area contributed by atoms with Crippen molar-refractivity contribution in [2.75, 3.05) is 12.4 Å². The molecule has 0 bridgehead atoms. The summed E-state index contributed by atoms with van der Waals surface area (Å²) in [6.07, 6.45) is 0.205. The highest BCUT2D eigenvalue weighted by atomic mass is 16.5. The van der Waals surface area contributed by atoms with E-state index >= 15 is 0 Å². The van der Waals surface area contributed by atoms with Gasteiger partial charge in [-0.25, -0.2) is 0 Å². The minimum absolute atomic E-state index is 0.205. The molecule has 0 aliphatic heterocycles. The Morgan fingerprint density at radius 3 is 2.38 bits per heavy atom. The summed E-state index contributed by atoms with van der Waals surface area (Å²) < 4.78 is 5.06. The number of hydrogen-bond acceptors (Lipinski definition) is 3. The number of rotatable bonds is 5. The molecule has 2 aromatic carbocycles. The average Bonchev–Trinajstić information content (AvgIpc) is 2.48. The second-order valence-corrected chi connectivity index (χ2v) is 4.48. The number of hydrogen-bond donors (Lipinski definition) is 2. The van der Waals surface area contributed by atoms with Gasteiger partial charge in [-0.1, -0.05) is 24.3 Å². The molecule has 0 aliphatic carbocycles. The maximum absolute atomic E-state index is 12.0. The summed E-state index contributed by atoms with van der Waals surface area (Å²) in [5.74, 6) is -0.0533. The van der Waals surface area contributed by atoms with Gasteiger partial charge in [0.2, 0.25) is 5.91 Å². The normalized spacial score (nSPS) is 9.95. The van der Waals surface area contributed by atoms with E-state index < -0.39 is 5.91 Å². The number of nitrogens with one attached hydrogen (secondary N) is 1. The fourth-order valence-corrected chi connectivity index (χ4v) is 1.93. The van der Waals surface area contributed by atoms with Crippen molar-refractivity contribution in [2.45, 2.75) is 6.42 Å². The molecule has 0 radical (unpaired) electrons. The summed E-state index contributed by atoms with van der Waals surface area (Å²) in [4.78, 5) is 23.3. The standard InChI is InChI=1S/C16H16N2O3/c1-21-12-8-6-11(7-9-12)10-15(19)18-14-5-3-2-4-13(14)16(17)20/h2-9H,10H2,1H3,(H2,17,20)(H,18,19). The Balaban J connectivity index is 2.06. The number of ether oxygens (including phenoxy) is 1. The highest BCUT2D eigenvalue weighted by Gasteiger charge is 2.10. The summed E-state index contributed by atoms with van der Waals surface area (Å²) in [5, 5.41) is 2.70. The van der Waals surface area contributed by atoms with E-state index in [2.05, 4.69) is 5.32 Å². The highest BCUT2D eigenvalue weighted by Crippen LogP contribution is 2.16. The van der Waals surface area contributed by atoms with E-state index in [4.69, 9.17) is 10.5 Å². The molecule has 2 rings (SSSR count). The Hall–Kier alpha value is -2.82. The number of anilines is 1. The zero-order chi connectivity index (χ0) is 15.2. The molecule has 0 fully saturated rings. The summed E-state index contributed by atoms with van der Waals surface area (Å²) in [5.41, 5.74) is 6.83. The van der Waals surface area contributed by atoms with Crippen molar-refractivity contribution in [3.63, 3.8) is 0 Å². The van der Waals surface area contributed by atoms with Gasteiger partial charge in [0.05, 0.1) is 24.8 Å². The summed E-state index contributed by atoms with van der Waals surface area (Å²) >= 11 is 0. The van der Waals surface area contributed by atoms with Gasteiger partial charge >= 0.3 is 0 Å². The van der Waals surface area contributed by atoms with Crippen LogP contribution in [-0.2, 0) is 11.2 Å². The molecule has 0 atom stereocenters. The Bertz CT molecular complexity index is 651. The van der Waals surface area contributed by atoms with Crippen LogP contribution in [0.1, 0.15) is 15.9 Å². The van der Waals surface area contributed by atoms with E-state index in [-0.39, 0.29) is 12.3 Å². The molecule has 0 spiro atoms. The van der Waals surface area contributed by atoms with Crippen LogP contribution in [0.5, 0.6) is 5.75 Å². The molecule has 0 heterocycles. The minimum atomic E-state index is -0.574. The third-order valence-corrected chi connectivity index (χ3v) is 2.99. The fraction of sp³-hybridized carbons (Fsp3) is 0.125. The lowest BCUT2D eigenvalue weighted by molar-refractivity contribution is -0.115. The van der Waals surface area contributed by atoms with Gasteiger partial charge in [-0.15, -0.1) is 0 Å². The van der Waals surface area contributed by atoms with Gasteiger partial charge in [0.25, 0.3) is 5.91 Å². The topological polar surface area (TPSA) is 81.4 Å². The lowest BCUT2D eigenvalue weighted by Gasteiger charge is -2.09. The second kappa shape index (κ2) is 6.56. The van der Waals surface area contributed by atoms with Gasteiger partial charge in [-0.3, -0.25) is 9.59 Å². The molecule has 21 heavy (non-hydrogen) atoms. The number of carbonyl (C=O) groups is 2. The molecule has 2 aromatic rings. The predicted octanol–water partition coefficient (Wildman–Crippen LogP) is 1.98. The van der Waals surface area contributed by atoms with E-state index in [9.17, 15) is 9.59 Å². The molecule has 0 saturated heterocycles. The van der Waals surface area contributed by atoms with E-state index in [0.717, 1.165) is 11.3 Å². The zero-order valence-corrected chi connectivity index (χ0v) is 11.6. The number of primary amides is 1. The Kier molecular flexibility index (Phi) is 4.56. The Morgan fingerprint density at radius 1 is 1.10 bits per heavy atom. The van der Waals surface area contributed by atoms with Crippen molar-refractivity contribution in [2.24, 2.45) is 5.73 Å². The lowest BCUT2D eigenvalue weighted by Crippen LogP contribution is -2.19. The Labute approximate surface area is 122 Å². The van der Waals surface area contributed by atoms with Gasteiger partial charge in [0, 0.05) is 0 Å². The van der Waals surface area contributed by atoms with E-state index in [0.29, 0.717) is 11.3 Å². The van der Waals surface area contributed by atoms with Crippen LogP contribution in [0.4, 0.5) is 5.69 Å². The van der Waals surface area contributed by atoms with Crippen LogP contribution in [0.15, 0.2) is 48.5 Å². The first-order valence-electron chi connectivity index (χ1n) is 6.42. The van der Waals surface area contributed by atoms with Crippen LogP contribution in [0.25, 0.3) is 0 Å². The molecule has 0 aliphatic rings. The smallest absolute Gasteiger partial charge is 0.250 e. The van der Waals surface area contributed by atoms with Crippen LogP contribution >= 0.6 is 0 Å². The number of carbonyl (C=O) groups excluding carboxylic acids is 2. The lowest BCUT2D eigenvalue weighted by atomic mass is 10.1. The van der Waals surface area contributed by atoms with E-state index in [1.54, 1.807) is 43.5 Å². The van der Waals surface area contributed by atoms with Gasteiger partial charge in [0.15, 0.2) is 0 Å². The van der Waals surface area contributed by atoms with Gasteiger partial charge in [0.1, 0.15) is 5.75 Å². The first-order valence-corrected chi connectivity index (χ1v) is 6.42. The fourth-order valence-electron chi connectivity index (χ4n) is 1.93. The summed E-state index contributed by atoms with van der Waals surface area (Å²) in [6.45, 7) is 0. The number of nitrogens with two attached hydrogens (primary N) is 1. The monoisotopic (exact) mass is 284 g/mol. The van der Waals surface area contributed by atoms with Crippen LogP contribution in [0.2, 0.25) is 0 Å². The number of methoxy groups -OCH3 is 1. The molecule has 5 heteroatoms. The van der Waals surface area contributed by atoms with Crippen molar-refractivity contribution in [1.82, 2.24) is 0 Å². The highest BCUT2D eigenvalue weighted by molar-refractivity contribution is 6.03. The van der Waals surface area contributed by atoms with Crippen molar-refractivity contribution in [1.29, 1.82) is 0 Å². The minimum Gasteiger partial charge on any atom is -0.497 e. The van der Waals surface area contributed by atoms with Crippen molar-refractivity contribution in [3.8, 4) is 5.75 Å². The second-order valence-electron chi connectivity index (χ2n) is 4.48. The molecule has 2 amide bonds. The molecule has 0 saturated carbocycles. The largest absolute Gasteiger partial charge is 0.497 e. The maximum Gasteiger partial charge on any atom is 0.250 e. The summed E-state index contributed by atoms with van der Waals surface area (Å²) in [7, 11) is 1.59. The molecular formula is C16H16N2O3. The van der Waals surface area contributed by atoms with Gasteiger partial charge in [-0.05, 0) is 29.8 Å². The zero-order valence-electron chi connectivity index (χ0n) is 11.6. The van der Waals surface area contributed by atoms with Crippen LogP contribution in [0.3, 0.4) is 0 Å². The quantitative estimate of drug-likeness (QED) is 0.880. The van der Waals surface area contributed by atoms with Crippen molar-refractivity contribution < 1.29 is 14.3 Å². The van der Waals surface area contributed by atoms with Crippen molar-refractivity contribution >= 4 is 17.5 Å². The molecule has 108 valence electrons. The van der Waals surface area contributed by atoms with Crippen LogP contribution in [0, 0.1) is 0 Å². The molecule has 3 N–H and O–H groups in total. The average molecular weight is 284 g/mol. The molecule has 5 nitrogen and oxygen atoms in total. The molecule has 0 unspecified atom stereocenters. The third-order valence-electron chi connectivity index (χ3n) is 2.99. The van der Waals surface area contributed by atoms with Crippen molar-refractivity contribution in [3.05, 3.63) is 59.7 Å². The van der Waals surface area contributed by atoms with E-state index in [1.807, 2.05) is 12.1 Å². The van der Waals surface area contributed by atoms with Crippen LogP contribution < -0.4 is 15.8 Å². The first kappa shape index (κ1) is 14.6. The molecular weight excluding hydrogens is 268 g/mol. The van der Waals surface area contributed by atoms with Gasteiger partial charge < -0.3 is 15.8 Å². The third kappa shape index (κ3) is 3.82. The number of para-hydroxylation sites is 1. The SMILES string of the molecule is COc1ccc(CC(=O)Nc2ccccc2C(N)=O)cc1. The predicted molar refractivity (Wildman–Crippen MR) is 80.3 cm³/mol. The Morgan fingerprint density at radius 2 is 1.76 bits per heavy atom. The maximum atomic E-state index is 12.0.